The minimum Gasteiger partial charge on any atom is -0.466 e. The van der Waals surface area contributed by atoms with Crippen LogP contribution < -0.4 is 5.32 Å². The van der Waals surface area contributed by atoms with E-state index in [1.54, 1.807) is 42.7 Å². The number of amides is 1. The lowest BCUT2D eigenvalue weighted by Crippen LogP contribution is -2.37. The second kappa shape index (κ2) is 6.68. The van der Waals surface area contributed by atoms with Crippen molar-refractivity contribution in [2.75, 3.05) is 6.54 Å². The maximum atomic E-state index is 11.9. The van der Waals surface area contributed by atoms with E-state index < -0.39 is 5.60 Å². The molecule has 124 valence electrons. The highest BCUT2D eigenvalue weighted by Gasteiger charge is 2.26. The molecule has 0 saturated carbocycles. The van der Waals surface area contributed by atoms with Gasteiger partial charge in [0, 0.05) is 22.6 Å². The molecule has 2 heterocycles. The summed E-state index contributed by atoms with van der Waals surface area (Å²) in [7, 11) is 0. The summed E-state index contributed by atoms with van der Waals surface area (Å²) in [4.78, 5) is 17.2. The Labute approximate surface area is 140 Å². The van der Waals surface area contributed by atoms with E-state index in [2.05, 4.69) is 31.1 Å². The van der Waals surface area contributed by atoms with Crippen molar-refractivity contribution in [1.29, 1.82) is 0 Å². The minimum absolute atomic E-state index is 0.000752. The van der Waals surface area contributed by atoms with E-state index in [-0.39, 0.29) is 17.9 Å². The zero-order valence-electron chi connectivity index (χ0n) is 13.8. The van der Waals surface area contributed by atoms with Gasteiger partial charge in [-0.15, -0.1) is 11.3 Å². The lowest BCUT2D eigenvalue weighted by molar-refractivity contribution is -0.117. The molecule has 1 amide bonds. The first kappa shape index (κ1) is 17.4. The Kier molecular flexibility index (Phi) is 5.06. The fourth-order valence-corrected chi connectivity index (χ4v) is 2.73. The van der Waals surface area contributed by atoms with E-state index in [1.807, 2.05) is 0 Å². The van der Waals surface area contributed by atoms with Crippen LogP contribution in [0.1, 0.15) is 43.3 Å². The topological polar surface area (TPSA) is 75.4 Å². The van der Waals surface area contributed by atoms with Crippen molar-refractivity contribution in [3.05, 3.63) is 46.3 Å². The third-order valence-electron chi connectivity index (χ3n) is 3.22. The molecule has 2 aromatic rings. The summed E-state index contributed by atoms with van der Waals surface area (Å²) in [6.45, 7) is 7.96. The number of hydrogen-bond acceptors (Lipinski definition) is 5. The number of nitrogens with one attached hydrogen (secondary N) is 1. The van der Waals surface area contributed by atoms with Gasteiger partial charge in [0.1, 0.15) is 11.4 Å². The van der Waals surface area contributed by atoms with Crippen molar-refractivity contribution >= 4 is 23.3 Å². The van der Waals surface area contributed by atoms with Gasteiger partial charge < -0.3 is 14.8 Å². The molecule has 0 fully saturated rings. The normalized spacial score (nSPS) is 14.8. The Morgan fingerprint density at radius 1 is 1.43 bits per heavy atom. The first-order chi connectivity index (χ1) is 10.7. The van der Waals surface area contributed by atoms with E-state index in [0.29, 0.717) is 5.76 Å². The molecule has 0 radical (unpaired) electrons. The molecular formula is C17H22N2O3S. The quantitative estimate of drug-likeness (QED) is 0.824. The summed E-state index contributed by atoms with van der Waals surface area (Å²) in [5, 5.41) is 14.0. The zero-order valence-corrected chi connectivity index (χ0v) is 14.6. The standard InChI is InChI=1S/C17H22N2O3S/c1-16(2,3)15-18-10-12(23-15)7-8-14(20)19-11-17(4,21)13-6-5-9-22-13/h5-10,21H,11H2,1-4H3,(H,19,20). The second-order valence-electron chi connectivity index (χ2n) is 6.62. The van der Waals surface area contributed by atoms with Gasteiger partial charge in [-0.2, -0.15) is 0 Å². The molecule has 0 aliphatic carbocycles. The number of carbonyl (C=O) groups excluding carboxylic acids is 1. The van der Waals surface area contributed by atoms with Crippen LogP contribution in [-0.2, 0) is 15.8 Å². The van der Waals surface area contributed by atoms with Gasteiger partial charge in [0.05, 0.1) is 17.8 Å². The van der Waals surface area contributed by atoms with Gasteiger partial charge in [-0.3, -0.25) is 4.79 Å². The fraction of sp³-hybridized carbons (Fsp3) is 0.412. The van der Waals surface area contributed by atoms with Crippen LogP contribution in [-0.4, -0.2) is 22.5 Å². The average Bonchev–Trinajstić information content (AvgIpc) is 3.13. The van der Waals surface area contributed by atoms with Gasteiger partial charge in [-0.1, -0.05) is 20.8 Å². The number of rotatable bonds is 5. The summed E-state index contributed by atoms with van der Waals surface area (Å²) in [6.07, 6.45) is 6.41. The molecule has 0 saturated heterocycles. The average molecular weight is 334 g/mol. The van der Waals surface area contributed by atoms with Crippen molar-refractivity contribution < 1.29 is 14.3 Å². The number of furan rings is 1. The Bertz CT molecular complexity index is 679. The molecule has 2 rings (SSSR count). The summed E-state index contributed by atoms with van der Waals surface area (Å²) < 4.78 is 5.17. The molecule has 0 aliphatic rings. The van der Waals surface area contributed by atoms with Gasteiger partial charge in [-0.05, 0) is 25.1 Å². The molecule has 5 nitrogen and oxygen atoms in total. The molecule has 2 N–H and O–H groups in total. The summed E-state index contributed by atoms with van der Waals surface area (Å²) in [5.41, 5.74) is -1.24. The second-order valence-corrected chi connectivity index (χ2v) is 7.68. The van der Waals surface area contributed by atoms with Crippen LogP contribution in [0, 0.1) is 0 Å². The van der Waals surface area contributed by atoms with Crippen LogP contribution in [0.25, 0.3) is 6.08 Å². The smallest absolute Gasteiger partial charge is 0.244 e. The van der Waals surface area contributed by atoms with Gasteiger partial charge in [0.2, 0.25) is 5.91 Å². The number of hydrogen-bond donors (Lipinski definition) is 2. The van der Waals surface area contributed by atoms with Crippen molar-refractivity contribution in [1.82, 2.24) is 10.3 Å². The number of aliphatic hydroxyl groups is 1. The van der Waals surface area contributed by atoms with Crippen molar-refractivity contribution in [2.24, 2.45) is 0 Å². The molecule has 0 aromatic carbocycles. The number of carbonyl (C=O) groups is 1. The number of thiazole rings is 1. The van der Waals surface area contributed by atoms with Gasteiger partial charge >= 0.3 is 0 Å². The molecule has 23 heavy (non-hydrogen) atoms. The van der Waals surface area contributed by atoms with Crippen LogP contribution in [0.15, 0.2) is 35.1 Å². The van der Waals surface area contributed by atoms with Gasteiger partial charge in [0.15, 0.2) is 0 Å². The summed E-state index contributed by atoms with van der Waals surface area (Å²) in [5.74, 6) is 0.140. The van der Waals surface area contributed by atoms with E-state index in [1.165, 1.54) is 12.3 Å². The van der Waals surface area contributed by atoms with Crippen molar-refractivity contribution in [3.63, 3.8) is 0 Å². The van der Waals surface area contributed by atoms with Crippen LogP contribution in [0.3, 0.4) is 0 Å². The van der Waals surface area contributed by atoms with E-state index in [4.69, 9.17) is 4.42 Å². The monoisotopic (exact) mass is 334 g/mol. The molecular weight excluding hydrogens is 312 g/mol. The van der Waals surface area contributed by atoms with Crippen molar-refractivity contribution in [3.8, 4) is 0 Å². The molecule has 6 heteroatoms. The minimum atomic E-state index is -1.24. The summed E-state index contributed by atoms with van der Waals surface area (Å²) >= 11 is 1.56. The lowest BCUT2D eigenvalue weighted by atomic mass is 9.98. The number of nitrogens with zero attached hydrogens (tertiary/aromatic N) is 1. The number of aromatic nitrogens is 1. The highest BCUT2D eigenvalue weighted by Crippen LogP contribution is 2.27. The molecule has 0 spiro atoms. The molecule has 0 bridgehead atoms. The van der Waals surface area contributed by atoms with Crippen molar-refractivity contribution in [2.45, 2.75) is 38.7 Å². The maximum Gasteiger partial charge on any atom is 0.244 e. The van der Waals surface area contributed by atoms with E-state index in [9.17, 15) is 9.90 Å². The van der Waals surface area contributed by atoms with Crippen LogP contribution in [0.2, 0.25) is 0 Å². The Balaban J connectivity index is 1.91. The Hall–Kier alpha value is -1.92. The zero-order chi connectivity index (χ0) is 17.1. The third-order valence-corrected chi connectivity index (χ3v) is 4.61. The summed E-state index contributed by atoms with van der Waals surface area (Å²) in [6, 6.07) is 3.37. The highest BCUT2D eigenvalue weighted by molar-refractivity contribution is 7.12. The molecule has 1 atom stereocenters. The Morgan fingerprint density at radius 3 is 2.74 bits per heavy atom. The first-order valence-corrected chi connectivity index (χ1v) is 8.19. The fourth-order valence-electron chi connectivity index (χ4n) is 1.86. The third kappa shape index (κ3) is 4.77. The van der Waals surface area contributed by atoms with E-state index in [0.717, 1.165) is 9.88 Å². The van der Waals surface area contributed by atoms with Crippen LogP contribution in [0.4, 0.5) is 0 Å². The molecule has 0 aliphatic heterocycles. The Morgan fingerprint density at radius 2 is 2.17 bits per heavy atom. The lowest BCUT2D eigenvalue weighted by Gasteiger charge is -2.20. The van der Waals surface area contributed by atoms with Crippen LogP contribution >= 0.6 is 11.3 Å². The first-order valence-electron chi connectivity index (χ1n) is 7.37. The maximum absolute atomic E-state index is 11.9. The molecule has 2 aromatic heterocycles. The molecule has 1 unspecified atom stereocenters. The largest absolute Gasteiger partial charge is 0.466 e. The highest BCUT2D eigenvalue weighted by atomic mass is 32.1. The SMILES string of the molecule is CC(C)(C)c1ncc(C=CC(=O)NCC(C)(O)c2ccco2)s1. The van der Waals surface area contributed by atoms with E-state index >= 15 is 0 Å². The van der Waals surface area contributed by atoms with Crippen LogP contribution in [0.5, 0.6) is 0 Å². The van der Waals surface area contributed by atoms with Gasteiger partial charge in [0.25, 0.3) is 0 Å². The predicted octanol–water partition coefficient (Wildman–Crippen LogP) is 3.07. The van der Waals surface area contributed by atoms with Gasteiger partial charge in [-0.25, -0.2) is 4.98 Å². The predicted molar refractivity (Wildman–Crippen MR) is 91.1 cm³/mol.